The van der Waals surface area contributed by atoms with E-state index in [1.165, 1.54) is 6.42 Å². The quantitative estimate of drug-likeness (QED) is 0.629. The fraction of sp³-hybridized carbons (Fsp3) is 0.348. The summed E-state index contributed by atoms with van der Waals surface area (Å²) in [6.07, 6.45) is 7.81. The number of nitrogens with zero attached hydrogens (tertiary/aromatic N) is 1. The van der Waals surface area contributed by atoms with E-state index >= 15 is 0 Å². The van der Waals surface area contributed by atoms with Crippen molar-refractivity contribution in [1.29, 1.82) is 0 Å². The minimum absolute atomic E-state index is 0.0380. The number of hydrogen-bond acceptors (Lipinski definition) is 3. The van der Waals surface area contributed by atoms with Gasteiger partial charge in [-0.3, -0.25) is 4.79 Å². The van der Waals surface area contributed by atoms with Gasteiger partial charge in [0.1, 0.15) is 5.75 Å². The van der Waals surface area contributed by atoms with Crippen molar-refractivity contribution in [3.05, 3.63) is 71.3 Å². The second-order valence-corrected chi connectivity index (χ2v) is 7.44. The summed E-state index contributed by atoms with van der Waals surface area (Å²) in [6.45, 7) is 1.74. The van der Waals surface area contributed by atoms with Gasteiger partial charge in [-0.25, -0.2) is 0 Å². The van der Waals surface area contributed by atoms with E-state index in [0.29, 0.717) is 11.4 Å². The summed E-state index contributed by atoms with van der Waals surface area (Å²) in [5, 5.41) is 4.26. The normalized spacial score (nSPS) is 15.4. The Kier molecular flexibility index (Phi) is 7.38. The molecule has 4 nitrogen and oxygen atoms in total. The van der Waals surface area contributed by atoms with E-state index in [2.05, 4.69) is 5.32 Å². The van der Waals surface area contributed by atoms with E-state index in [0.717, 1.165) is 42.9 Å². The van der Waals surface area contributed by atoms with Gasteiger partial charge < -0.3 is 15.0 Å². The van der Waals surface area contributed by atoms with Crippen LogP contribution in [0.4, 0.5) is 5.69 Å². The Morgan fingerprint density at radius 1 is 1.11 bits per heavy atom. The van der Waals surface area contributed by atoms with Gasteiger partial charge in [0.05, 0.1) is 13.2 Å². The first-order valence-corrected chi connectivity index (χ1v) is 10.1. The van der Waals surface area contributed by atoms with Gasteiger partial charge >= 0.3 is 0 Å². The van der Waals surface area contributed by atoms with Crippen LogP contribution in [0.1, 0.15) is 37.3 Å². The number of benzene rings is 2. The highest BCUT2D eigenvalue weighted by Crippen LogP contribution is 2.26. The van der Waals surface area contributed by atoms with E-state index in [-0.39, 0.29) is 11.9 Å². The van der Waals surface area contributed by atoms with E-state index in [1.807, 2.05) is 59.5 Å². The number of carbonyl (C=O) groups excluding carboxylic acids is 1. The predicted octanol–water partition coefficient (Wildman–Crippen LogP) is 5.46. The number of rotatable bonds is 7. The molecule has 5 heteroatoms. The number of carbonyl (C=O) groups is 1. The first kappa shape index (κ1) is 20.3. The number of amides is 1. The van der Waals surface area contributed by atoms with Crippen molar-refractivity contribution in [3.63, 3.8) is 0 Å². The van der Waals surface area contributed by atoms with E-state index in [4.69, 9.17) is 16.3 Å². The molecule has 3 rings (SSSR count). The molecular weight excluding hydrogens is 372 g/mol. The first-order valence-electron chi connectivity index (χ1n) is 9.77. The van der Waals surface area contributed by atoms with Crippen molar-refractivity contribution < 1.29 is 9.53 Å². The molecule has 0 aliphatic carbocycles. The summed E-state index contributed by atoms with van der Waals surface area (Å²) in [6, 6.07) is 15.7. The van der Waals surface area contributed by atoms with Crippen LogP contribution >= 0.6 is 11.6 Å². The Hall–Kier alpha value is -2.46. The maximum Gasteiger partial charge on any atom is 0.246 e. The van der Waals surface area contributed by atoms with Crippen LogP contribution in [0.2, 0.25) is 5.02 Å². The Morgan fingerprint density at radius 3 is 2.43 bits per heavy atom. The fourth-order valence-electron chi connectivity index (χ4n) is 3.39. The fourth-order valence-corrected chi connectivity index (χ4v) is 3.51. The van der Waals surface area contributed by atoms with Gasteiger partial charge in [-0.15, -0.1) is 0 Å². The SMILES string of the molecule is COc1ccc(N[C@H](C/C=C/C(=O)N2CCCCC2)c2ccc(Cl)cc2)cc1. The molecule has 2 aromatic rings. The molecule has 0 saturated carbocycles. The zero-order valence-corrected chi connectivity index (χ0v) is 17.0. The van der Waals surface area contributed by atoms with Crippen LogP contribution < -0.4 is 10.1 Å². The van der Waals surface area contributed by atoms with Crippen LogP contribution in [0, 0.1) is 0 Å². The van der Waals surface area contributed by atoms with Crippen molar-refractivity contribution >= 4 is 23.2 Å². The molecule has 0 radical (unpaired) electrons. The number of halogens is 1. The van der Waals surface area contributed by atoms with Crippen molar-refractivity contribution in [1.82, 2.24) is 4.90 Å². The lowest BCUT2D eigenvalue weighted by atomic mass is 10.0. The first-order chi connectivity index (χ1) is 13.7. The molecule has 1 fully saturated rings. The summed E-state index contributed by atoms with van der Waals surface area (Å²) in [5.74, 6) is 0.930. The zero-order valence-electron chi connectivity index (χ0n) is 16.2. The molecule has 1 aliphatic rings. The minimum Gasteiger partial charge on any atom is -0.497 e. The number of nitrogens with one attached hydrogen (secondary N) is 1. The average molecular weight is 399 g/mol. The molecule has 1 saturated heterocycles. The number of ether oxygens (including phenoxy) is 1. The van der Waals surface area contributed by atoms with Gasteiger partial charge in [-0.2, -0.15) is 0 Å². The highest BCUT2D eigenvalue weighted by molar-refractivity contribution is 6.30. The van der Waals surface area contributed by atoms with E-state index < -0.39 is 0 Å². The number of anilines is 1. The molecule has 1 N–H and O–H groups in total. The van der Waals surface area contributed by atoms with E-state index in [1.54, 1.807) is 13.2 Å². The average Bonchev–Trinajstić information content (AvgIpc) is 2.74. The maximum atomic E-state index is 12.4. The van der Waals surface area contributed by atoms with Gasteiger partial charge in [0.15, 0.2) is 0 Å². The van der Waals surface area contributed by atoms with Gasteiger partial charge in [-0.1, -0.05) is 29.8 Å². The van der Waals surface area contributed by atoms with Crippen molar-refractivity contribution in [2.45, 2.75) is 31.7 Å². The molecule has 28 heavy (non-hydrogen) atoms. The monoisotopic (exact) mass is 398 g/mol. The summed E-state index contributed by atoms with van der Waals surface area (Å²) in [7, 11) is 1.66. The maximum absolute atomic E-state index is 12.4. The third-order valence-corrected chi connectivity index (χ3v) is 5.26. The highest BCUT2D eigenvalue weighted by Gasteiger charge is 2.15. The molecule has 0 aromatic heterocycles. The molecule has 0 bridgehead atoms. The van der Waals surface area contributed by atoms with Crippen LogP contribution in [0.3, 0.4) is 0 Å². The third kappa shape index (κ3) is 5.77. The summed E-state index contributed by atoms with van der Waals surface area (Å²) < 4.78 is 5.23. The van der Waals surface area contributed by atoms with Crippen molar-refractivity contribution in [2.24, 2.45) is 0 Å². The number of hydrogen-bond donors (Lipinski definition) is 1. The molecule has 148 valence electrons. The van der Waals surface area contributed by atoms with E-state index in [9.17, 15) is 4.79 Å². The summed E-state index contributed by atoms with van der Waals surface area (Å²) in [5.41, 5.74) is 2.12. The molecule has 1 aliphatic heterocycles. The lowest BCUT2D eigenvalue weighted by Gasteiger charge is -2.25. The van der Waals surface area contributed by atoms with Gasteiger partial charge in [0, 0.05) is 23.8 Å². The van der Waals surface area contributed by atoms with Crippen molar-refractivity contribution in [2.75, 3.05) is 25.5 Å². The second-order valence-electron chi connectivity index (χ2n) is 7.00. The Morgan fingerprint density at radius 2 is 1.79 bits per heavy atom. The van der Waals surface area contributed by atoms with Crippen molar-refractivity contribution in [3.8, 4) is 5.75 Å². The van der Waals surface area contributed by atoms with Gasteiger partial charge in [0.25, 0.3) is 0 Å². The smallest absolute Gasteiger partial charge is 0.246 e. The van der Waals surface area contributed by atoms with Crippen LogP contribution in [0.25, 0.3) is 0 Å². The molecule has 0 spiro atoms. The Bertz CT molecular complexity index is 781. The standard InChI is InChI=1S/C23H27ClN2O2/c1-28-21-14-12-20(13-15-21)25-22(18-8-10-19(24)11-9-18)6-5-7-23(27)26-16-3-2-4-17-26/h5,7-15,22,25H,2-4,6,16-17H2,1H3/b7-5+/t22-/m1/s1. The molecule has 2 aromatic carbocycles. The van der Waals surface area contributed by atoms with Gasteiger partial charge in [-0.05, 0) is 73.7 Å². The minimum atomic E-state index is 0.0380. The topological polar surface area (TPSA) is 41.6 Å². The zero-order chi connectivity index (χ0) is 19.8. The van der Waals surface area contributed by atoms with Gasteiger partial charge in [0.2, 0.25) is 5.91 Å². The molecular formula is C23H27ClN2O2. The van der Waals surface area contributed by atoms with Crippen LogP contribution in [0.15, 0.2) is 60.7 Å². The lowest BCUT2D eigenvalue weighted by Crippen LogP contribution is -2.34. The largest absolute Gasteiger partial charge is 0.497 e. The van der Waals surface area contributed by atoms with Crippen LogP contribution in [-0.2, 0) is 4.79 Å². The van der Waals surface area contributed by atoms with Crippen LogP contribution in [-0.4, -0.2) is 31.0 Å². The summed E-state index contributed by atoms with van der Waals surface area (Å²) >= 11 is 6.04. The highest BCUT2D eigenvalue weighted by atomic mass is 35.5. The molecule has 1 heterocycles. The summed E-state index contributed by atoms with van der Waals surface area (Å²) in [4.78, 5) is 14.3. The number of likely N-dealkylation sites (tertiary alicyclic amines) is 1. The Balaban J connectivity index is 1.69. The third-order valence-electron chi connectivity index (χ3n) is 5.00. The molecule has 0 unspecified atom stereocenters. The number of methoxy groups -OCH3 is 1. The van der Waals surface area contributed by atoms with Crippen LogP contribution in [0.5, 0.6) is 5.75 Å². The second kappa shape index (κ2) is 10.2. The molecule has 1 atom stereocenters. The number of piperidine rings is 1. The predicted molar refractivity (Wildman–Crippen MR) is 115 cm³/mol. The molecule has 1 amide bonds. The Labute approximate surface area is 172 Å². The lowest BCUT2D eigenvalue weighted by molar-refractivity contribution is -0.126.